The van der Waals surface area contributed by atoms with Crippen molar-refractivity contribution in [1.82, 2.24) is 4.31 Å². The summed E-state index contributed by atoms with van der Waals surface area (Å²) in [5.41, 5.74) is 8.26. The maximum Gasteiger partial charge on any atom is 0.243 e. The molecule has 2 aromatic carbocycles. The number of fused-ring (bicyclic) bond motifs is 1. The molecular formula is C14H12Cl2N2O2S. The summed E-state index contributed by atoms with van der Waals surface area (Å²) < 4.78 is 26.7. The summed E-state index contributed by atoms with van der Waals surface area (Å²) in [5, 5.41) is 0.548. The number of nitrogens with zero attached hydrogens (tertiary/aromatic N) is 1. The van der Waals surface area contributed by atoms with Crippen LogP contribution in [0.15, 0.2) is 41.3 Å². The average Bonchev–Trinajstić information content (AvgIpc) is 2.85. The van der Waals surface area contributed by atoms with Crippen LogP contribution in [0.5, 0.6) is 0 Å². The van der Waals surface area contributed by atoms with Gasteiger partial charge in [0, 0.05) is 18.8 Å². The van der Waals surface area contributed by atoms with Crippen molar-refractivity contribution in [3.05, 3.63) is 57.6 Å². The molecule has 0 unspecified atom stereocenters. The number of nitrogen functional groups attached to an aromatic ring is 1. The standard InChI is InChI=1S/C14H12Cl2N2O2S/c15-13-4-3-12(6-14(13)16)21(19,20)18-7-9-1-2-11(17)5-10(9)8-18/h1-6H,7-8,17H2. The van der Waals surface area contributed by atoms with Crippen LogP contribution in [0.2, 0.25) is 10.0 Å². The summed E-state index contributed by atoms with van der Waals surface area (Å²) in [6.45, 7) is 0.640. The highest BCUT2D eigenvalue weighted by Gasteiger charge is 2.30. The number of rotatable bonds is 2. The van der Waals surface area contributed by atoms with Crippen molar-refractivity contribution in [2.45, 2.75) is 18.0 Å². The summed E-state index contributed by atoms with van der Waals surface area (Å²) in [5.74, 6) is 0. The predicted octanol–water partition coefficient (Wildman–Crippen LogP) is 3.28. The van der Waals surface area contributed by atoms with E-state index in [9.17, 15) is 8.42 Å². The smallest absolute Gasteiger partial charge is 0.243 e. The average molecular weight is 343 g/mol. The third-order valence-electron chi connectivity index (χ3n) is 3.45. The first-order valence-electron chi connectivity index (χ1n) is 6.20. The minimum atomic E-state index is -3.61. The zero-order valence-electron chi connectivity index (χ0n) is 10.9. The van der Waals surface area contributed by atoms with Crippen molar-refractivity contribution in [2.24, 2.45) is 0 Å². The fourth-order valence-electron chi connectivity index (χ4n) is 2.34. The van der Waals surface area contributed by atoms with Crippen LogP contribution in [0.25, 0.3) is 0 Å². The van der Waals surface area contributed by atoms with Crippen molar-refractivity contribution >= 4 is 38.9 Å². The van der Waals surface area contributed by atoms with Crippen molar-refractivity contribution < 1.29 is 8.42 Å². The van der Waals surface area contributed by atoms with Gasteiger partial charge in [0.25, 0.3) is 0 Å². The number of sulfonamides is 1. The van der Waals surface area contributed by atoms with Gasteiger partial charge in [0.05, 0.1) is 14.9 Å². The second-order valence-electron chi connectivity index (χ2n) is 4.88. The molecule has 2 N–H and O–H groups in total. The number of benzene rings is 2. The largest absolute Gasteiger partial charge is 0.399 e. The first kappa shape index (κ1) is 14.7. The summed E-state index contributed by atoms with van der Waals surface area (Å²) in [6, 6.07) is 9.75. The molecule has 3 rings (SSSR count). The second-order valence-corrected chi connectivity index (χ2v) is 7.63. The summed E-state index contributed by atoms with van der Waals surface area (Å²) in [7, 11) is -3.61. The molecule has 21 heavy (non-hydrogen) atoms. The monoisotopic (exact) mass is 342 g/mol. The van der Waals surface area contributed by atoms with E-state index in [4.69, 9.17) is 28.9 Å². The Kier molecular flexibility index (Phi) is 3.61. The van der Waals surface area contributed by atoms with Gasteiger partial charge in [-0.3, -0.25) is 0 Å². The predicted molar refractivity (Wildman–Crippen MR) is 83.7 cm³/mol. The summed E-state index contributed by atoms with van der Waals surface area (Å²) >= 11 is 11.7. The quantitative estimate of drug-likeness (QED) is 0.851. The molecule has 0 aromatic heterocycles. The molecule has 0 bridgehead atoms. The molecule has 0 atom stereocenters. The van der Waals surface area contributed by atoms with Crippen LogP contribution in [-0.4, -0.2) is 12.7 Å². The van der Waals surface area contributed by atoms with E-state index in [1.807, 2.05) is 6.07 Å². The van der Waals surface area contributed by atoms with Gasteiger partial charge in [0.15, 0.2) is 0 Å². The molecule has 110 valence electrons. The highest BCUT2D eigenvalue weighted by Crippen LogP contribution is 2.32. The first-order valence-corrected chi connectivity index (χ1v) is 8.40. The van der Waals surface area contributed by atoms with Gasteiger partial charge < -0.3 is 5.73 Å². The van der Waals surface area contributed by atoms with Crippen molar-refractivity contribution in [1.29, 1.82) is 0 Å². The van der Waals surface area contributed by atoms with Gasteiger partial charge >= 0.3 is 0 Å². The molecule has 1 aliphatic heterocycles. The molecule has 0 spiro atoms. The van der Waals surface area contributed by atoms with Gasteiger partial charge in [0.1, 0.15) is 0 Å². The zero-order valence-corrected chi connectivity index (χ0v) is 13.2. The number of hydrogen-bond donors (Lipinski definition) is 1. The Hall–Kier alpha value is -1.27. The van der Waals surface area contributed by atoms with Crippen LogP contribution in [0, 0.1) is 0 Å². The Labute approximate surface area is 133 Å². The van der Waals surface area contributed by atoms with Gasteiger partial charge in [-0.15, -0.1) is 0 Å². The summed E-state index contributed by atoms with van der Waals surface area (Å²) in [6.07, 6.45) is 0. The molecule has 1 aliphatic rings. The van der Waals surface area contributed by atoms with E-state index in [1.165, 1.54) is 22.5 Å². The lowest BCUT2D eigenvalue weighted by Crippen LogP contribution is -2.25. The third kappa shape index (κ3) is 2.62. The van der Waals surface area contributed by atoms with E-state index in [-0.39, 0.29) is 9.92 Å². The topological polar surface area (TPSA) is 63.4 Å². The van der Waals surface area contributed by atoms with Crippen LogP contribution in [0.3, 0.4) is 0 Å². The molecule has 0 saturated carbocycles. The lowest BCUT2D eigenvalue weighted by Gasteiger charge is -2.16. The minimum absolute atomic E-state index is 0.137. The van der Waals surface area contributed by atoms with E-state index in [0.717, 1.165) is 11.1 Å². The van der Waals surface area contributed by atoms with Gasteiger partial charge in [0.2, 0.25) is 10.0 Å². The van der Waals surface area contributed by atoms with Gasteiger partial charge in [-0.05, 0) is 41.5 Å². The highest BCUT2D eigenvalue weighted by atomic mass is 35.5. The molecule has 4 nitrogen and oxygen atoms in total. The second kappa shape index (κ2) is 5.18. The van der Waals surface area contributed by atoms with Gasteiger partial charge in [-0.1, -0.05) is 29.3 Å². The molecule has 0 radical (unpaired) electrons. The first-order chi connectivity index (χ1) is 9.88. The Bertz CT molecular complexity index is 822. The van der Waals surface area contributed by atoms with Crippen molar-refractivity contribution in [3.8, 4) is 0 Å². The fourth-order valence-corrected chi connectivity index (χ4v) is 4.13. The molecule has 0 fully saturated rings. The molecule has 0 saturated heterocycles. The van der Waals surface area contributed by atoms with Crippen LogP contribution in [0.4, 0.5) is 5.69 Å². The fraction of sp³-hybridized carbons (Fsp3) is 0.143. The summed E-state index contributed by atoms with van der Waals surface area (Å²) in [4.78, 5) is 0.137. The Morgan fingerprint density at radius 1 is 0.952 bits per heavy atom. The van der Waals surface area contributed by atoms with Crippen LogP contribution < -0.4 is 5.73 Å². The molecule has 2 aromatic rings. The lowest BCUT2D eigenvalue weighted by molar-refractivity contribution is 0.431. The normalized spacial score (nSPS) is 15.1. The van der Waals surface area contributed by atoms with E-state index in [0.29, 0.717) is 23.8 Å². The van der Waals surface area contributed by atoms with Crippen LogP contribution >= 0.6 is 23.2 Å². The minimum Gasteiger partial charge on any atom is -0.399 e. The van der Waals surface area contributed by atoms with Gasteiger partial charge in [-0.2, -0.15) is 4.31 Å². The zero-order chi connectivity index (χ0) is 15.2. The van der Waals surface area contributed by atoms with E-state index in [2.05, 4.69) is 0 Å². The van der Waals surface area contributed by atoms with E-state index >= 15 is 0 Å². The van der Waals surface area contributed by atoms with E-state index in [1.54, 1.807) is 12.1 Å². The molecular weight excluding hydrogens is 331 g/mol. The van der Waals surface area contributed by atoms with Crippen LogP contribution in [0.1, 0.15) is 11.1 Å². The maximum atomic E-state index is 12.6. The number of anilines is 1. The SMILES string of the molecule is Nc1ccc2c(c1)CN(S(=O)(=O)c1ccc(Cl)c(Cl)c1)C2. The Morgan fingerprint density at radius 2 is 1.67 bits per heavy atom. The number of nitrogens with two attached hydrogens (primary N) is 1. The van der Waals surface area contributed by atoms with Crippen molar-refractivity contribution in [3.63, 3.8) is 0 Å². The molecule has 7 heteroatoms. The lowest BCUT2D eigenvalue weighted by atomic mass is 10.1. The van der Waals surface area contributed by atoms with Crippen molar-refractivity contribution in [2.75, 3.05) is 5.73 Å². The highest BCUT2D eigenvalue weighted by molar-refractivity contribution is 7.89. The Balaban J connectivity index is 1.96. The molecule has 0 amide bonds. The van der Waals surface area contributed by atoms with Crippen LogP contribution in [-0.2, 0) is 23.1 Å². The third-order valence-corrected chi connectivity index (χ3v) is 5.98. The molecule has 0 aliphatic carbocycles. The maximum absolute atomic E-state index is 12.6. The molecule has 1 heterocycles. The number of hydrogen-bond acceptors (Lipinski definition) is 3. The van der Waals surface area contributed by atoms with Gasteiger partial charge in [-0.25, -0.2) is 8.42 Å². The van der Waals surface area contributed by atoms with E-state index < -0.39 is 10.0 Å². The Morgan fingerprint density at radius 3 is 2.38 bits per heavy atom. The number of halogens is 2.